The lowest BCUT2D eigenvalue weighted by Crippen LogP contribution is -2.44. The predicted molar refractivity (Wildman–Crippen MR) is 95.4 cm³/mol. The maximum atomic E-state index is 12.5. The quantitative estimate of drug-likeness (QED) is 0.682. The Kier molecular flexibility index (Phi) is 8.23. The Morgan fingerprint density at radius 1 is 1.32 bits per heavy atom. The molecule has 1 aliphatic rings. The van der Waals surface area contributed by atoms with E-state index in [9.17, 15) is 4.79 Å². The van der Waals surface area contributed by atoms with Crippen molar-refractivity contribution < 1.29 is 14.3 Å². The van der Waals surface area contributed by atoms with Gasteiger partial charge in [0.1, 0.15) is 5.75 Å². The molecule has 0 spiro atoms. The number of benzene rings is 1. The van der Waals surface area contributed by atoms with Crippen molar-refractivity contribution in [3.8, 4) is 11.8 Å². The molecule has 1 heterocycles. The molecule has 0 atom stereocenters. The molecule has 1 aliphatic heterocycles. The van der Waals surface area contributed by atoms with Gasteiger partial charge >= 0.3 is 0 Å². The molecule has 1 amide bonds. The molecule has 0 aromatic heterocycles. The van der Waals surface area contributed by atoms with Crippen LogP contribution < -0.4 is 4.74 Å². The van der Waals surface area contributed by atoms with Crippen LogP contribution in [-0.2, 0) is 16.0 Å². The van der Waals surface area contributed by atoms with Crippen molar-refractivity contribution in [3.63, 3.8) is 0 Å². The van der Waals surface area contributed by atoms with E-state index >= 15 is 0 Å². The van der Waals surface area contributed by atoms with Crippen molar-refractivity contribution in [2.75, 3.05) is 52.5 Å². The Morgan fingerprint density at radius 2 is 2.08 bits per heavy atom. The molecule has 0 radical (unpaired) electrons. The number of hydrogen-bond donors (Lipinski definition) is 0. The molecule has 0 saturated carbocycles. The lowest BCUT2D eigenvalue weighted by molar-refractivity contribution is -0.133. The Hall–Kier alpha value is -2.10. The van der Waals surface area contributed by atoms with E-state index in [2.05, 4.69) is 17.9 Å². The maximum Gasteiger partial charge on any atom is 0.260 e. The van der Waals surface area contributed by atoms with Crippen molar-refractivity contribution in [2.45, 2.75) is 19.8 Å². The largest absolute Gasteiger partial charge is 0.483 e. The summed E-state index contributed by atoms with van der Waals surface area (Å²) in [5, 5.41) is 8.84. The van der Waals surface area contributed by atoms with E-state index in [1.54, 1.807) is 4.90 Å². The first-order chi connectivity index (χ1) is 12.2. The molecule has 1 saturated heterocycles. The second-order valence-corrected chi connectivity index (χ2v) is 5.99. The molecule has 0 unspecified atom stereocenters. The first-order valence-corrected chi connectivity index (χ1v) is 8.90. The summed E-state index contributed by atoms with van der Waals surface area (Å²) in [6.45, 7) is 7.17. The normalized spacial score (nSPS) is 14.7. The van der Waals surface area contributed by atoms with Crippen molar-refractivity contribution >= 4 is 5.91 Å². The number of para-hydroxylation sites is 1. The van der Waals surface area contributed by atoms with Gasteiger partial charge in [-0.2, -0.15) is 5.26 Å². The van der Waals surface area contributed by atoms with Crippen LogP contribution in [0.3, 0.4) is 0 Å². The average Bonchev–Trinajstić information content (AvgIpc) is 2.67. The molecule has 1 aromatic carbocycles. The van der Waals surface area contributed by atoms with Gasteiger partial charge in [0, 0.05) is 32.7 Å². The summed E-state index contributed by atoms with van der Waals surface area (Å²) in [7, 11) is 0. The Balaban J connectivity index is 1.87. The average molecular weight is 345 g/mol. The molecule has 0 bridgehead atoms. The van der Waals surface area contributed by atoms with E-state index in [1.807, 2.05) is 24.3 Å². The van der Waals surface area contributed by atoms with Crippen molar-refractivity contribution in [3.05, 3.63) is 29.8 Å². The number of morpholine rings is 1. The molecule has 2 rings (SSSR count). The minimum Gasteiger partial charge on any atom is -0.483 e. The van der Waals surface area contributed by atoms with Crippen molar-refractivity contribution in [2.24, 2.45) is 0 Å². The van der Waals surface area contributed by atoms with Gasteiger partial charge in [-0.1, -0.05) is 25.1 Å². The summed E-state index contributed by atoms with van der Waals surface area (Å²) < 4.78 is 11.1. The number of carbonyl (C=O) groups is 1. The van der Waals surface area contributed by atoms with E-state index in [0.29, 0.717) is 19.5 Å². The van der Waals surface area contributed by atoms with Crippen LogP contribution in [0.25, 0.3) is 0 Å². The van der Waals surface area contributed by atoms with Crippen LogP contribution in [0.1, 0.15) is 18.9 Å². The van der Waals surface area contributed by atoms with Gasteiger partial charge in [0.25, 0.3) is 5.91 Å². The molecule has 0 N–H and O–H groups in total. The van der Waals surface area contributed by atoms with Gasteiger partial charge in [0.15, 0.2) is 6.61 Å². The lowest BCUT2D eigenvalue weighted by Gasteiger charge is -2.29. The van der Waals surface area contributed by atoms with E-state index in [0.717, 1.165) is 50.6 Å². The fourth-order valence-electron chi connectivity index (χ4n) is 2.80. The third-order valence-corrected chi connectivity index (χ3v) is 4.34. The topological polar surface area (TPSA) is 65.8 Å². The first kappa shape index (κ1) is 19.2. The van der Waals surface area contributed by atoms with Gasteiger partial charge in [0.05, 0.1) is 25.7 Å². The molecule has 6 nitrogen and oxygen atoms in total. The number of hydrogen-bond acceptors (Lipinski definition) is 5. The minimum atomic E-state index is -0.0746. The molecule has 6 heteroatoms. The van der Waals surface area contributed by atoms with Crippen molar-refractivity contribution in [1.82, 2.24) is 9.80 Å². The van der Waals surface area contributed by atoms with Gasteiger partial charge in [-0.3, -0.25) is 9.69 Å². The molecule has 136 valence electrons. The number of ether oxygens (including phenoxy) is 2. The fraction of sp³-hybridized carbons (Fsp3) is 0.579. The summed E-state index contributed by atoms with van der Waals surface area (Å²) in [5.74, 6) is 0.682. The second kappa shape index (κ2) is 10.7. The molecule has 25 heavy (non-hydrogen) atoms. The van der Waals surface area contributed by atoms with E-state index < -0.39 is 0 Å². The lowest BCUT2D eigenvalue weighted by atomic mass is 10.1. The van der Waals surface area contributed by atoms with Crippen LogP contribution >= 0.6 is 0 Å². The summed E-state index contributed by atoms with van der Waals surface area (Å²) in [6, 6.07) is 9.88. The minimum absolute atomic E-state index is 0.00551. The molecule has 0 aliphatic carbocycles. The van der Waals surface area contributed by atoms with Crippen LogP contribution in [0, 0.1) is 11.3 Å². The van der Waals surface area contributed by atoms with Crippen LogP contribution in [0.15, 0.2) is 24.3 Å². The molecular formula is C19H27N3O3. The number of rotatable bonds is 9. The van der Waals surface area contributed by atoms with Crippen molar-refractivity contribution in [1.29, 1.82) is 5.26 Å². The van der Waals surface area contributed by atoms with Crippen LogP contribution in [-0.4, -0.2) is 68.3 Å². The van der Waals surface area contributed by atoms with Crippen LogP contribution in [0.5, 0.6) is 5.75 Å². The third kappa shape index (κ3) is 6.37. The summed E-state index contributed by atoms with van der Waals surface area (Å²) >= 11 is 0. The number of nitrogens with zero attached hydrogens (tertiary/aromatic N) is 3. The number of nitriles is 1. The highest BCUT2D eigenvalue weighted by atomic mass is 16.5. The maximum absolute atomic E-state index is 12.5. The van der Waals surface area contributed by atoms with Crippen LogP contribution in [0.4, 0.5) is 0 Å². The van der Waals surface area contributed by atoms with Gasteiger partial charge < -0.3 is 14.4 Å². The van der Waals surface area contributed by atoms with Gasteiger partial charge in [-0.25, -0.2) is 0 Å². The summed E-state index contributed by atoms with van der Waals surface area (Å²) in [4.78, 5) is 16.6. The van der Waals surface area contributed by atoms with Gasteiger partial charge in [-0.05, 0) is 18.1 Å². The van der Waals surface area contributed by atoms with E-state index in [1.165, 1.54) is 0 Å². The van der Waals surface area contributed by atoms with Gasteiger partial charge in [0.2, 0.25) is 0 Å². The zero-order valence-electron chi connectivity index (χ0n) is 14.9. The zero-order valence-corrected chi connectivity index (χ0v) is 14.9. The molecule has 1 aromatic rings. The Morgan fingerprint density at radius 3 is 2.80 bits per heavy atom. The second-order valence-electron chi connectivity index (χ2n) is 5.99. The summed E-state index contributed by atoms with van der Waals surface area (Å²) in [6.07, 6.45) is 1.19. The fourth-order valence-corrected chi connectivity index (χ4v) is 2.80. The first-order valence-electron chi connectivity index (χ1n) is 8.90. The SMILES string of the molecule is CCc1ccccc1OCC(=O)N(CCC#N)CCN1CCOCC1. The van der Waals surface area contributed by atoms with Gasteiger partial charge in [-0.15, -0.1) is 0 Å². The Labute approximate surface area is 149 Å². The highest BCUT2D eigenvalue weighted by Crippen LogP contribution is 2.18. The smallest absolute Gasteiger partial charge is 0.260 e. The monoisotopic (exact) mass is 345 g/mol. The zero-order chi connectivity index (χ0) is 17.9. The number of aryl methyl sites for hydroxylation is 1. The standard InChI is InChI=1S/C19H27N3O3/c1-2-17-6-3-4-7-18(17)25-16-19(23)22(9-5-8-20)11-10-21-12-14-24-15-13-21/h3-4,6-7H,2,5,9-16H2,1H3. The van der Waals surface area contributed by atoms with Crippen LogP contribution in [0.2, 0.25) is 0 Å². The summed E-state index contributed by atoms with van der Waals surface area (Å²) in [5.41, 5.74) is 1.09. The highest BCUT2D eigenvalue weighted by Gasteiger charge is 2.17. The molecule has 1 fully saturated rings. The third-order valence-electron chi connectivity index (χ3n) is 4.34. The van der Waals surface area contributed by atoms with E-state index in [4.69, 9.17) is 14.7 Å². The highest BCUT2D eigenvalue weighted by molar-refractivity contribution is 5.77. The Bertz CT molecular complexity index is 580. The number of amides is 1. The molecular weight excluding hydrogens is 318 g/mol. The predicted octanol–water partition coefficient (Wildman–Crippen LogP) is 1.70. The number of carbonyl (C=O) groups excluding carboxylic acids is 1. The van der Waals surface area contributed by atoms with E-state index in [-0.39, 0.29) is 12.5 Å².